The van der Waals surface area contributed by atoms with Gasteiger partial charge in [-0.15, -0.1) is 0 Å². The van der Waals surface area contributed by atoms with Crippen molar-refractivity contribution in [2.24, 2.45) is 0 Å². The fraction of sp³-hybridized carbons (Fsp3) is 0.136. The van der Waals surface area contributed by atoms with Gasteiger partial charge in [0, 0.05) is 30.4 Å². The van der Waals surface area contributed by atoms with Gasteiger partial charge in [0.1, 0.15) is 17.3 Å². The van der Waals surface area contributed by atoms with Gasteiger partial charge in [0.2, 0.25) is 0 Å². The Morgan fingerprint density at radius 1 is 0.966 bits per heavy atom. The summed E-state index contributed by atoms with van der Waals surface area (Å²) in [6.07, 6.45) is 1.54. The Morgan fingerprint density at radius 3 is 2.48 bits per heavy atom. The molecule has 3 rings (SSSR count). The van der Waals surface area contributed by atoms with Crippen LogP contribution in [0.25, 0.3) is 11.1 Å². The van der Waals surface area contributed by atoms with Gasteiger partial charge in [-0.3, -0.25) is 14.6 Å². The molecule has 2 aromatic carbocycles. The summed E-state index contributed by atoms with van der Waals surface area (Å²) >= 11 is 0. The number of halogens is 1. The van der Waals surface area contributed by atoms with Gasteiger partial charge in [0.05, 0.1) is 7.11 Å². The second kappa shape index (κ2) is 9.45. The molecule has 3 aromatic rings. The van der Waals surface area contributed by atoms with Crippen LogP contribution in [0.1, 0.15) is 20.8 Å². The van der Waals surface area contributed by atoms with E-state index in [0.29, 0.717) is 28.1 Å². The number of amides is 2. The monoisotopic (exact) mass is 393 g/mol. The number of hydrogen-bond donors (Lipinski definition) is 2. The predicted octanol–water partition coefficient (Wildman–Crippen LogP) is 3.06. The maximum Gasteiger partial charge on any atom is 0.269 e. The first-order valence-corrected chi connectivity index (χ1v) is 9.00. The summed E-state index contributed by atoms with van der Waals surface area (Å²) in [4.78, 5) is 28.3. The van der Waals surface area contributed by atoms with Crippen molar-refractivity contribution in [2.45, 2.75) is 0 Å². The average molecular weight is 393 g/mol. The lowest BCUT2D eigenvalue weighted by Crippen LogP contribution is -2.35. The van der Waals surface area contributed by atoms with E-state index in [1.807, 2.05) is 0 Å². The molecule has 7 heteroatoms. The highest BCUT2D eigenvalue weighted by atomic mass is 19.1. The summed E-state index contributed by atoms with van der Waals surface area (Å²) in [6.45, 7) is 0.517. The van der Waals surface area contributed by atoms with Gasteiger partial charge in [-0.1, -0.05) is 18.2 Å². The van der Waals surface area contributed by atoms with Gasteiger partial charge in [-0.2, -0.15) is 0 Å². The third-order valence-electron chi connectivity index (χ3n) is 4.19. The molecular weight excluding hydrogens is 373 g/mol. The molecule has 0 radical (unpaired) electrons. The van der Waals surface area contributed by atoms with Crippen molar-refractivity contribution in [1.29, 1.82) is 0 Å². The number of nitrogens with one attached hydrogen (secondary N) is 2. The first-order chi connectivity index (χ1) is 14.1. The molecule has 0 bridgehead atoms. The fourth-order valence-corrected chi connectivity index (χ4v) is 2.78. The Kier molecular flexibility index (Phi) is 6.52. The van der Waals surface area contributed by atoms with Crippen LogP contribution in [-0.2, 0) is 0 Å². The van der Waals surface area contributed by atoms with Crippen molar-refractivity contribution in [2.75, 3.05) is 20.2 Å². The molecule has 0 fully saturated rings. The number of aromatic nitrogens is 1. The van der Waals surface area contributed by atoms with E-state index in [1.165, 1.54) is 25.4 Å². The zero-order valence-corrected chi connectivity index (χ0v) is 15.8. The van der Waals surface area contributed by atoms with Gasteiger partial charge in [0.15, 0.2) is 0 Å². The molecule has 148 valence electrons. The Bertz CT molecular complexity index is 1010. The van der Waals surface area contributed by atoms with Crippen LogP contribution in [0.15, 0.2) is 66.9 Å². The molecule has 29 heavy (non-hydrogen) atoms. The maximum atomic E-state index is 13.6. The highest BCUT2D eigenvalue weighted by Crippen LogP contribution is 2.31. The van der Waals surface area contributed by atoms with Crippen LogP contribution in [-0.4, -0.2) is 37.0 Å². The number of ether oxygens (including phenoxy) is 1. The molecule has 1 heterocycles. The molecule has 0 spiro atoms. The quantitative estimate of drug-likeness (QED) is 0.605. The molecule has 0 aliphatic heterocycles. The minimum absolute atomic E-state index is 0.255. The number of hydrogen-bond acceptors (Lipinski definition) is 4. The minimum atomic E-state index is -0.390. The van der Waals surface area contributed by atoms with E-state index in [-0.39, 0.29) is 30.7 Å². The lowest BCUT2D eigenvalue weighted by Gasteiger charge is -2.11. The number of methoxy groups -OCH3 is 1. The van der Waals surface area contributed by atoms with E-state index in [1.54, 1.807) is 48.5 Å². The van der Waals surface area contributed by atoms with Crippen molar-refractivity contribution >= 4 is 11.8 Å². The Labute approximate surface area is 167 Å². The van der Waals surface area contributed by atoms with E-state index in [2.05, 4.69) is 15.6 Å². The van der Waals surface area contributed by atoms with Crippen LogP contribution in [0.4, 0.5) is 4.39 Å². The van der Waals surface area contributed by atoms with Crippen LogP contribution in [0, 0.1) is 5.82 Å². The molecule has 0 atom stereocenters. The summed E-state index contributed by atoms with van der Waals surface area (Å²) in [5, 5.41) is 5.43. The number of carbonyl (C=O) groups is 2. The molecule has 0 aliphatic carbocycles. The van der Waals surface area contributed by atoms with Crippen LogP contribution >= 0.6 is 0 Å². The first-order valence-electron chi connectivity index (χ1n) is 9.00. The van der Waals surface area contributed by atoms with Crippen molar-refractivity contribution in [3.8, 4) is 16.9 Å². The Balaban J connectivity index is 1.60. The van der Waals surface area contributed by atoms with Gasteiger partial charge in [0.25, 0.3) is 11.8 Å². The fourth-order valence-electron chi connectivity index (χ4n) is 2.78. The molecule has 6 nitrogen and oxygen atoms in total. The minimum Gasteiger partial charge on any atom is -0.496 e. The van der Waals surface area contributed by atoms with Crippen LogP contribution in [0.3, 0.4) is 0 Å². The number of benzene rings is 2. The average Bonchev–Trinajstić information content (AvgIpc) is 2.77. The molecule has 0 unspecified atom stereocenters. The van der Waals surface area contributed by atoms with Crippen molar-refractivity contribution in [1.82, 2.24) is 15.6 Å². The van der Waals surface area contributed by atoms with Crippen molar-refractivity contribution < 1.29 is 18.7 Å². The smallest absolute Gasteiger partial charge is 0.269 e. The molecular formula is C22H20FN3O3. The van der Waals surface area contributed by atoms with Crippen molar-refractivity contribution in [3.63, 3.8) is 0 Å². The predicted molar refractivity (Wildman–Crippen MR) is 107 cm³/mol. The SMILES string of the molecule is COc1ccc(F)cc1-c1cccc(C(=O)NCCNC(=O)c2ccccn2)c1. The normalized spacial score (nSPS) is 10.3. The first kappa shape index (κ1) is 20.0. The number of nitrogens with zero attached hydrogens (tertiary/aromatic N) is 1. The van der Waals surface area contributed by atoms with E-state index < -0.39 is 0 Å². The molecule has 0 saturated heterocycles. The molecule has 1 aromatic heterocycles. The van der Waals surface area contributed by atoms with Gasteiger partial charge < -0.3 is 15.4 Å². The second-order valence-corrected chi connectivity index (χ2v) is 6.15. The van der Waals surface area contributed by atoms with Gasteiger partial charge in [-0.05, 0) is 48.0 Å². The zero-order chi connectivity index (χ0) is 20.6. The summed E-state index contributed by atoms with van der Waals surface area (Å²) in [7, 11) is 1.51. The number of pyridine rings is 1. The molecule has 0 saturated carbocycles. The molecule has 2 N–H and O–H groups in total. The Hall–Kier alpha value is -3.74. The highest BCUT2D eigenvalue weighted by Gasteiger charge is 2.11. The van der Waals surface area contributed by atoms with Crippen LogP contribution < -0.4 is 15.4 Å². The largest absolute Gasteiger partial charge is 0.496 e. The summed E-state index contributed by atoms with van der Waals surface area (Å²) in [5.41, 5.74) is 1.96. The lowest BCUT2D eigenvalue weighted by atomic mass is 10.0. The van der Waals surface area contributed by atoms with E-state index in [4.69, 9.17) is 4.74 Å². The van der Waals surface area contributed by atoms with Crippen LogP contribution in [0.5, 0.6) is 5.75 Å². The van der Waals surface area contributed by atoms with E-state index in [9.17, 15) is 14.0 Å². The topological polar surface area (TPSA) is 80.3 Å². The third kappa shape index (κ3) is 5.16. The van der Waals surface area contributed by atoms with Gasteiger partial charge in [-0.25, -0.2) is 4.39 Å². The van der Waals surface area contributed by atoms with Gasteiger partial charge >= 0.3 is 0 Å². The number of carbonyl (C=O) groups excluding carboxylic acids is 2. The Morgan fingerprint density at radius 2 is 1.76 bits per heavy atom. The van der Waals surface area contributed by atoms with Crippen molar-refractivity contribution in [3.05, 3.63) is 83.9 Å². The number of rotatable bonds is 7. The lowest BCUT2D eigenvalue weighted by molar-refractivity contribution is 0.0925. The summed E-state index contributed by atoms with van der Waals surface area (Å²) < 4.78 is 18.9. The molecule has 0 aliphatic rings. The highest BCUT2D eigenvalue weighted by molar-refractivity contribution is 5.96. The second-order valence-electron chi connectivity index (χ2n) is 6.15. The van der Waals surface area contributed by atoms with E-state index in [0.717, 1.165) is 0 Å². The standard InChI is InChI=1S/C22H20FN3O3/c1-29-20-9-8-17(23)14-18(20)15-5-4-6-16(13-15)21(27)25-11-12-26-22(28)19-7-2-3-10-24-19/h2-10,13-14H,11-12H2,1H3,(H,25,27)(H,26,28). The third-order valence-corrected chi connectivity index (χ3v) is 4.19. The van der Waals surface area contributed by atoms with Crippen LogP contribution in [0.2, 0.25) is 0 Å². The van der Waals surface area contributed by atoms with E-state index >= 15 is 0 Å². The maximum absolute atomic E-state index is 13.6. The zero-order valence-electron chi connectivity index (χ0n) is 15.8. The molecule has 2 amide bonds. The summed E-state index contributed by atoms with van der Waals surface area (Å²) in [6, 6.07) is 16.1. The summed E-state index contributed by atoms with van der Waals surface area (Å²) in [5.74, 6) is -0.477.